The van der Waals surface area contributed by atoms with Crippen molar-refractivity contribution in [3.63, 3.8) is 0 Å². The third-order valence-corrected chi connectivity index (χ3v) is 6.17. The van der Waals surface area contributed by atoms with Crippen LogP contribution in [0.4, 0.5) is 14.0 Å². The fourth-order valence-corrected chi connectivity index (χ4v) is 4.65. The van der Waals surface area contributed by atoms with Crippen molar-refractivity contribution < 1.29 is 55.6 Å². The molecule has 4 bridgehead atoms. The van der Waals surface area contributed by atoms with Gasteiger partial charge in [-0.2, -0.15) is 18.5 Å². The van der Waals surface area contributed by atoms with Crippen molar-refractivity contribution in [1.29, 1.82) is 0 Å². The average Bonchev–Trinajstić information content (AvgIpc) is 3.23. The quantitative estimate of drug-likeness (QED) is 0.208. The molecule has 4 aliphatic heterocycles. The van der Waals surface area contributed by atoms with Gasteiger partial charge < -0.3 is 26.4 Å². The minimum atomic E-state index is -4.80. The molecule has 4 rings (SSSR count). The first-order chi connectivity index (χ1) is 18.0. The maximum atomic E-state index is 13.0. The lowest BCUT2D eigenvalue weighted by molar-refractivity contribution is -0.220. The topological polar surface area (TPSA) is 243 Å². The molecule has 0 aromatic rings. The highest BCUT2D eigenvalue weighted by molar-refractivity contribution is 7.80. The summed E-state index contributed by atoms with van der Waals surface area (Å²) in [5, 5.41) is 9.57. The van der Waals surface area contributed by atoms with Crippen molar-refractivity contribution in [3.05, 3.63) is 23.3 Å². The van der Waals surface area contributed by atoms with Crippen LogP contribution in [0.1, 0.15) is 27.7 Å². The van der Waals surface area contributed by atoms with Crippen LogP contribution in [0.5, 0.6) is 0 Å². The Morgan fingerprint density at radius 2 is 1.56 bits per heavy atom. The number of halogens is 1. The van der Waals surface area contributed by atoms with Gasteiger partial charge in [-0.1, -0.05) is 26.0 Å². The number of carboxylic acid groups (broad SMARTS) is 1. The molecule has 2 saturated heterocycles. The fourth-order valence-electron chi connectivity index (χ4n) is 4.27. The van der Waals surface area contributed by atoms with E-state index in [1.807, 2.05) is 13.8 Å². The molecule has 0 unspecified atom stereocenters. The van der Waals surface area contributed by atoms with Crippen molar-refractivity contribution in [2.24, 2.45) is 11.5 Å². The average molecular weight is 581 g/mol. The highest BCUT2D eigenvalue weighted by Crippen LogP contribution is 2.31. The van der Waals surface area contributed by atoms with Crippen molar-refractivity contribution >= 4 is 40.2 Å². The molecular weight excluding hydrogens is 551 g/mol. The Morgan fingerprint density at radius 1 is 1.00 bits per heavy atom. The summed E-state index contributed by atoms with van der Waals surface area (Å²) in [5.74, 6) is -3.27. The highest BCUT2D eigenvalue weighted by atomic mass is 32.3. The Kier molecular flexibility index (Phi) is 9.61. The molecule has 5 atom stereocenters. The lowest BCUT2D eigenvalue weighted by Crippen LogP contribution is -2.48. The van der Waals surface area contributed by atoms with E-state index < -0.39 is 70.8 Å². The van der Waals surface area contributed by atoms with Gasteiger partial charge in [-0.3, -0.25) is 14.1 Å². The van der Waals surface area contributed by atoms with Crippen LogP contribution in [0, 0.1) is 0 Å². The first-order valence-corrected chi connectivity index (χ1v) is 12.8. The molecule has 0 aliphatic carbocycles. The summed E-state index contributed by atoms with van der Waals surface area (Å²) in [4.78, 5) is 63.3. The number of carbonyl (C=O) groups excluding carboxylic acids is 4. The predicted octanol–water partition coefficient (Wildman–Crippen LogP) is -1.11. The van der Waals surface area contributed by atoms with Crippen molar-refractivity contribution in [1.82, 2.24) is 19.9 Å². The largest absolute Gasteiger partial charge is 0.477 e. The normalized spacial score (nSPS) is 26.1. The molecule has 4 aliphatic rings. The van der Waals surface area contributed by atoms with Gasteiger partial charge in [0.05, 0.1) is 19.1 Å². The number of primary amides is 2. The Bertz CT molecular complexity index is 1210. The van der Waals surface area contributed by atoms with Crippen LogP contribution < -0.4 is 11.5 Å². The van der Waals surface area contributed by atoms with E-state index in [-0.39, 0.29) is 13.1 Å². The lowest BCUT2D eigenvalue weighted by Gasteiger charge is -2.27. The summed E-state index contributed by atoms with van der Waals surface area (Å²) in [7, 11) is -4.80. The van der Waals surface area contributed by atoms with E-state index in [9.17, 15) is 36.8 Å². The number of nitrogens with two attached hydrogens (primary N) is 2. The lowest BCUT2D eigenvalue weighted by atomic mass is 10.0. The number of rotatable bonds is 7. The molecule has 6 N–H and O–H groups in total. The smallest absolute Gasteiger partial charge is 0.418 e. The third kappa shape index (κ3) is 6.61. The number of aliphatic carboxylic acids is 1. The fraction of sp³-hybridized carbons (Fsp3) is 0.550. The predicted molar refractivity (Wildman–Crippen MR) is 127 cm³/mol. The van der Waals surface area contributed by atoms with Crippen LogP contribution in [0.2, 0.25) is 0 Å². The van der Waals surface area contributed by atoms with Gasteiger partial charge in [0.1, 0.15) is 18.1 Å². The van der Waals surface area contributed by atoms with Crippen molar-refractivity contribution in [2.45, 2.75) is 58.2 Å². The number of fused-ring (bicyclic) bond motifs is 4. The maximum absolute atomic E-state index is 13.0. The standard InChI is InChI=1S/C10H12FN3O5.C8H11N3O6S.C2H6/c1-4-2-5(8(12)15)13-3-6(4)14(10(13)18)19-7(11)9(16)17;1-4-2-5-3-10(6(4)7(9)12)8(13)11(5)17-18(14,15)16;1-2/h2,5-7H,3H2,1H3,(H2,12,15)(H,16,17);2,5-6H,3H2,1H3,(H2,9,12)(H,14,15,16);1-2H3/t5-,6-,7-;5-,6+;/m01./s1. The zero-order valence-corrected chi connectivity index (χ0v) is 22.1. The summed E-state index contributed by atoms with van der Waals surface area (Å²) in [6.07, 6.45) is 0.331. The summed E-state index contributed by atoms with van der Waals surface area (Å²) in [6, 6.07) is -4.79. The van der Waals surface area contributed by atoms with Crippen molar-refractivity contribution in [3.8, 4) is 0 Å². The number of carbonyl (C=O) groups is 5. The number of hydrogen-bond donors (Lipinski definition) is 4. The molecule has 0 aromatic carbocycles. The number of hydroxylamine groups is 4. The van der Waals surface area contributed by atoms with Crippen molar-refractivity contribution in [2.75, 3.05) is 13.1 Å². The van der Waals surface area contributed by atoms with Gasteiger partial charge in [-0.25, -0.2) is 23.6 Å². The van der Waals surface area contributed by atoms with Crippen LogP contribution in [0.15, 0.2) is 23.3 Å². The van der Waals surface area contributed by atoms with E-state index in [0.717, 1.165) is 9.80 Å². The van der Waals surface area contributed by atoms with Gasteiger partial charge in [0.15, 0.2) is 0 Å². The number of alkyl halides is 1. The third-order valence-electron chi connectivity index (χ3n) is 5.82. The number of carboxylic acids is 1. The highest BCUT2D eigenvalue weighted by Gasteiger charge is 2.49. The van der Waals surface area contributed by atoms with Gasteiger partial charge in [0, 0.05) is 0 Å². The zero-order valence-electron chi connectivity index (χ0n) is 21.3. The summed E-state index contributed by atoms with van der Waals surface area (Å²) >= 11 is 0. The first kappa shape index (κ1) is 31.4. The van der Waals surface area contributed by atoms with Crippen LogP contribution in [0.3, 0.4) is 0 Å². The number of amides is 6. The molecule has 6 amide bonds. The SMILES string of the molecule is CC.CC1=C[C@@H](C(N)=O)N2C[C@@H]1N(O[C@H](F)C(=O)O)C2=O.CC1=C[C@@H]2CN(C(=O)N2OS(=O)(=O)O)[C@@H]1C(N)=O. The van der Waals surface area contributed by atoms with Crippen LogP contribution in [0.25, 0.3) is 0 Å². The second-order valence-electron chi connectivity index (χ2n) is 8.34. The van der Waals surface area contributed by atoms with E-state index in [2.05, 4.69) is 9.12 Å². The summed E-state index contributed by atoms with van der Waals surface area (Å²) < 4.78 is 47.1. The van der Waals surface area contributed by atoms with Gasteiger partial charge >= 0.3 is 34.8 Å². The minimum Gasteiger partial charge on any atom is -0.477 e. The molecule has 17 nitrogen and oxygen atoms in total. The Hall–Kier alpha value is -3.81. The minimum absolute atomic E-state index is 0.0687. The van der Waals surface area contributed by atoms with E-state index in [1.165, 1.54) is 12.2 Å². The number of nitrogens with zero attached hydrogens (tertiary/aromatic N) is 4. The van der Waals surface area contributed by atoms with E-state index in [4.69, 9.17) is 21.1 Å². The first-order valence-electron chi connectivity index (χ1n) is 11.4. The van der Waals surface area contributed by atoms with E-state index in [1.54, 1.807) is 13.8 Å². The second-order valence-corrected chi connectivity index (χ2v) is 9.34. The molecule has 2 fully saturated rings. The molecule has 19 heteroatoms. The second kappa shape index (κ2) is 11.9. The molecule has 0 aromatic heterocycles. The van der Waals surface area contributed by atoms with E-state index >= 15 is 0 Å². The molecule has 218 valence electrons. The van der Waals surface area contributed by atoms with Gasteiger partial charge in [0.2, 0.25) is 11.8 Å². The summed E-state index contributed by atoms with van der Waals surface area (Å²) in [5.41, 5.74) is 11.5. The molecular formula is C20H29FN6O11S. The zero-order chi connectivity index (χ0) is 30.0. The number of hydrogen-bond acceptors (Lipinski definition) is 9. The maximum Gasteiger partial charge on any atom is 0.418 e. The van der Waals surface area contributed by atoms with Gasteiger partial charge in [0.25, 0.3) is 0 Å². The van der Waals surface area contributed by atoms with E-state index in [0.29, 0.717) is 21.3 Å². The number of urea groups is 2. The Labute approximate surface area is 222 Å². The van der Waals surface area contributed by atoms with Crippen LogP contribution in [-0.4, -0.2) is 111 Å². The van der Waals surface area contributed by atoms with Gasteiger partial charge in [-0.15, -0.1) is 4.28 Å². The van der Waals surface area contributed by atoms with Crippen LogP contribution >= 0.6 is 0 Å². The van der Waals surface area contributed by atoms with Gasteiger partial charge in [-0.05, 0) is 25.0 Å². The molecule has 0 spiro atoms. The molecule has 0 radical (unpaired) electrons. The van der Waals surface area contributed by atoms with Crippen LogP contribution in [-0.2, 0) is 33.9 Å². The molecule has 0 saturated carbocycles. The Morgan fingerprint density at radius 3 is 2.05 bits per heavy atom. The monoisotopic (exact) mass is 580 g/mol. The molecule has 39 heavy (non-hydrogen) atoms. The molecule has 4 heterocycles. The Balaban J connectivity index is 0.000000258. The summed E-state index contributed by atoms with van der Waals surface area (Å²) in [6.45, 7) is 7.39.